The molecular formula is C18H24N3S+. The summed E-state index contributed by atoms with van der Waals surface area (Å²) in [6, 6.07) is 20.5. The number of nitrogens with one attached hydrogen (secondary N) is 1. The number of hydrogen-bond acceptors (Lipinski definition) is 1. The molecule has 22 heavy (non-hydrogen) atoms. The van der Waals surface area contributed by atoms with Crippen molar-refractivity contribution in [2.75, 3.05) is 32.5 Å². The molecule has 0 aliphatic heterocycles. The van der Waals surface area contributed by atoms with E-state index in [2.05, 4.69) is 53.2 Å². The van der Waals surface area contributed by atoms with Gasteiger partial charge in [0.25, 0.3) is 0 Å². The lowest BCUT2D eigenvalue weighted by Crippen LogP contribution is -2.23. The lowest BCUT2D eigenvalue weighted by Gasteiger charge is -2.12. The first kappa shape index (κ1) is 16.6. The van der Waals surface area contributed by atoms with E-state index in [0.29, 0.717) is 0 Å². The van der Waals surface area contributed by atoms with Gasteiger partial charge < -0.3 is 4.90 Å². The van der Waals surface area contributed by atoms with Crippen LogP contribution in [-0.4, -0.2) is 41.8 Å². The van der Waals surface area contributed by atoms with Crippen molar-refractivity contribution in [3.8, 4) is 0 Å². The molecule has 0 amide bonds. The van der Waals surface area contributed by atoms with Gasteiger partial charge in [-0.1, -0.05) is 49.0 Å². The van der Waals surface area contributed by atoms with Crippen LogP contribution in [0.3, 0.4) is 0 Å². The summed E-state index contributed by atoms with van der Waals surface area (Å²) in [5.41, 5.74) is 2.19. The third-order valence-electron chi connectivity index (χ3n) is 3.34. The van der Waals surface area contributed by atoms with Gasteiger partial charge in [-0.15, -0.1) is 0 Å². The molecule has 2 rings (SSSR count). The highest BCUT2D eigenvalue weighted by Gasteiger charge is 2.12. The second-order valence-corrected chi connectivity index (χ2v) is 5.88. The zero-order chi connectivity index (χ0) is 15.8. The van der Waals surface area contributed by atoms with Gasteiger partial charge in [0.2, 0.25) is 0 Å². The Morgan fingerprint density at radius 1 is 1.00 bits per heavy atom. The number of rotatable bonds is 6. The molecule has 116 valence electrons. The van der Waals surface area contributed by atoms with Crippen LogP contribution in [0, 0.1) is 0 Å². The predicted octanol–water partition coefficient (Wildman–Crippen LogP) is 3.68. The number of nitrogens with zero attached hydrogens (tertiary/aromatic N) is 2. The van der Waals surface area contributed by atoms with Crippen LogP contribution in [0.5, 0.6) is 0 Å². The zero-order valence-corrected chi connectivity index (χ0v) is 14.1. The quantitative estimate of drug-likeness (QED) is 0.367. The lowest BCUT2D eigenvalue weighted by atomic mass is 10.3. The fraction of sp³-hybridized carbons (Fsp3) is 0.278. The van der Waals surface area contributed by atoms with E-state index < -0.39 is 0 Å². The summed E-state index contributed by atoms with van der Waals surface area (Å²) >= 11 is 4.69. The van der Waals surface area contributed by atoms with E-state index in [1.807, 2.05) is 36.4 Å². The minimum Gasteiger partial charge on any atom is -0.309 e. The molecule has 0 bridgehead atoms. The molecule has 0 fully saturated rings. The van der Waals surface area contributed by atoms with Crippen molar-refractivity contribution in [1.29, 1.82) is 0 Å². The summed E-state index contributed by atoms with van der Waals surface area (Å²) in [6.07, 6.45) is 1.07. The Morgan fingerprint density at radius 3 is 2.18 bits per heavy atom. The first-order valence-electron chi connectivity index (χ1n) is 7.52. The Kier molecular flexibility index (Phi) is 6.49. The smallest absolute Gasteiger partial charge is 0.309 e. The maximum absolute atomic E-state index is 4.69. The summed E-state index contributed by atoms with van der Waals surface area (Å²) < 4.78 is 2.21. The first-order valence-corrected chi connectivity index (χ1v) is 7.97. The van der Waals surface area contributed by atoms with E-state index in [1.54, 1.807) is 0 Å². The Balaban J connectivity index is 2.20. The van der Waals surface area contributed by atoms with Gasteiger partial charge in [0.1, 0.15) is 11.4 Å². The molecule has 0 radical (unpaired) electrons. The van der Waals surface area contributed by atoms with Crippen molar-refractivity contribution in [3.05, 3.63) is 60.7 Å². The fourth-order valence-electron chi connectivity index (χ4n) is 2.23. The molecule has 4 heteroatoms. The maximum Gasteiger partial charge on any atom is 0.313 e. The molecule has 0 aromatic heterocycles. The Hall–Kier alpha value is -1.78. The fourth-order valence-corrected chi connectivity index (χ4v) is 2.57. The Labute approximate surface area is 138 Å². The average Bonchev–Trinajstić information content (AvgIpc) is 2.53. The minimum absolute atomic E-state index is 0.844. The van der Waals surface area contributed by atoms with Gasteiger partial charge in [-0.25, -0.2) is 9.89 Å². The third kappa shape index (κ3) is 5.20. The van der Waals surface area contributed by atoms with E-state index in [4.69, 9.17) is 12.6 Å². The minimum atomic E-state index is 0.844. The third-order valence-corrected chi connectivity index (χ3v) is 3.69. The van der Waals surface area contributed by atoms with Crippen molar-refractivity contribution >= 4 is 29.2 Å². The summed E-state index contributed by atoms with van der Waals surface area (Å²) in [5, 5.41) is 4.22. The predicted molar refractivity (Wildman–Crippen MR) is 98.5 cm³/mol. The normalized spacial score (nSPS) is 12.2. The van der Waals surface area contributed by atoms with Crippen molar-refractivity contribution < 1.29 is 4.58 Å². The van der Waals surface area contributed by atoms with Gasteiger partial charge in [-0.05, 0) is 44.8 Å². The van der Waals surface area contributed by atoms with Crippen molar-refractivity contribution in [2.45, 2.75) is 6.42 Å². The largest absolute Gasteiger partial charge is 0.313 e. The van der Waals surface area contributed by atoms with Crippen molar-refractivity contribution in [2.24, 2.45) is 0 Å². The van der Waals surface area contributed by atoms with Crippen molar-refractivity contribution in [1.82, 2.24) is 4.90 Å². The summed E-state index contributed by atoms with van der Waals surface area (Å²) in [6.45, 7) is 1.97. The topological polar surface area (TPSA) is 18.3 Å². The number of benzene rings is 2. The van der Waals surface area contributed by atoms with Crippen LogP contribution in [0.4, 0.5) is 11.4 Å². The standard InChI is InChI=1S/C18H23N3S/c1-20(2)14-9-15-21(17-12-7-4-8-13-17)18(22)19-16-10-5-3-6-11-16/h3-8,10-13H,9,14-15H2,1-2H3,(H,19,22)/p+1. The molecule has 2 aromatic rings. The molecule has 2 aromatic carbocycles. The lowest BCUT2D eigenvalue weighted by molar-refractivity contribution is -0.438. The van der Waals surface area contributed by atoms with E-state index in [9.17, 15) is 0 Å². The van der Waals surface area contributed by atoms with E-state index >= 15 is 0 Å². The second kappa shape index (κ2) is 8.61. The maximum atomic E-state index is 4.69. The molecule has 0 aliphatic rings. The van der Waals surface area contributed by atoms with Gasteiger partial charge in [0.05, 0.1) is 6.54 Å². The summed E-state index contributed by atoms with van der Waals surface area (Å²) in [5.74, 6) is 0. The van der Waals surface area contributed by atoms with Gasteiger partial charge in [-0.2, -0.15) is 0 Å². The molecule has 0 heterocycles. The highest BCUT2D eigenvalue weighted by Crippen LogP contribution is 2.14. The highest BCUT2D eigenvalue weighted by atomic mass is 32.1. The molecule has 0 saturated carbocycles. The van der Waals surface area contributed by atoms with Crippen LogP contribution in [0.25, 0.3) is 0 Å². The molecule has 1 N–H and O–H groups in total. The van der Waals surface area contributed by atoms with Crippen LogP contribution in [0.15, 0.2) is 60.7 Å². The number of para-hydroxylation sites is 2. The molecular weight excluding hydrogens is 290 g/mol. The number of anilines is 1. The van der Waals surface area contributed by atoms with E-state index in [-0.39, 0.29) is 0 Å². The number of amidine groups is 1. The van der Waals surface area contributed by atoms with Gasteiger partial charge in [0.15, 0.2) is 0 Å². The molecule has 0 saturated heterocycles. The molecule has 0 spiro atoms. The van der Waals surface area contributed by atoms with Crippen LogP contribution < -0.4 is 5.32 Å². The van der Waals surface area contributed by atoms with Crippen LogP contribution in [0.2, 0.25) is 0 Å². The Bertz CT molecular complexity index is 594. The molecule has 0 unspecified atom stereocenters. The van der Waals surface area contributed by atoms with Gasteiger partial charge in [-0.3, -0.25) is 0 Å². The van der Waals surface area contributed by atoms with E-state index in [1.165, 1.54) is 0 Å². The average molecular weight is 314 g/mol. The van der Waals surface area contributed by atoms with Crippen LogP contribution in [0.1, 0.15) is 6.42 Å². The molecule has 3 nitrogen and oxygen atoms in total. The van der Waals surface area contributed by atoms with Crippen LogP contribution >= 0.6 is 12.6 Å². The number of hydrogen-bond donors (Lipinski definition) is 2. The second-order valence-electron chi connectivity index (χ2n) is 5.46. The SMILES string of the molecule is CN(C)CCC[N+](=C(S)Nc1ccccc1)c1ccccc1. The van der Waals surface area contributed by atoms with Crippen molar-refractivity contribution in [3.63, 3.8) is 0 Å². The molecule has 0 atom stereocenters. The first-order chi connectivity index (χ1) is 10.7. The summed E-state index contributed by atoms with van der Waals surface area (Å²) in [4.78, 5) is 2.20. The van der Waals surface area contributed by atoms with Crippen LogP contribution in [-0.2, 0) is 0 Å². The van der Waals surface area contributed by atoms with Gasteiger partial charge in [0, 0.05) is 6.54 Å². The highest BCUT2D eigenvalue weighted by molar-refractivity contribution is 7.97. The Morgan fingerprint density at radius 2 is 1.59 bits per heavy atom. The van der Waals surface area contributed by atoms with Gasteiger partial charge >= 0.3 is 5.17 Å². The zero-order valence-electron chi connectivity index (χ0n) is 13.2. The summed E-state index contributed by atoms with van der Waals surface area (Å²) in [7, 11) is 4.20. The number of thiol groups is 1. The monoisotopic (exact) mass is 314 g/mol. The molecule has 0 aliphatic carbocycles. The van der Waals surface area contributed by atoms with E-state index in [0.717, 1.165) is 36.1 Å².